The molecule has 0 aromatic carbocycles. The number of nitrogens with zero attached hydrogens (tertiary/aromatic N) is 2. The zero-order chi connectivity index (χ0) is 11.5. The second-order valence-corrected chi connectivity index (χ2v) is 4.02. The molecule has 0 fully saturated rings. The van der Waals surface area contributed by atoms with Crippen LogP contribution in [0.25, 0.3) is 11.1 Å². The van der Waals surface area contributed by atoms with Crippen molar-refractivity contribution in [3.63, 3.8) is 0 Å². The second kappa shape index (κ2) is 7.54. The molecule has 0 aliphatic rings. The molecule has 0 aliphatic heterocycles. The summed E-state index contributed by atoms with van der Waals surface area (Å²) >= 11 is 6.12. The number of hydrogen-bond donors (Lipinski definition) is 1. The topological polar surface area (TPSA) is 51.8 Å². The Morgan fingerprint density at radius 2 is 1.78 bits per heavy atom. The lowest BCUT2D eigenvalue weighted by Crippen LogP contribution is -2.07. The maximum atomic E-state index is 6.12. The molecule has 2 heterocycles. The Kier molecular flexibility index (Phi) is 7.18. The van der Waals surface area contributed by atoms with Gasteiger partial charge in [-0.25, -0.2) is 0 Å². The van der Waals surface area contributed by atoms with E-state index in [1.54, 1.807) is 18.6 Å². The van der Waals surface area contributed by atoms with Crippen LogP contribution < -0.4 is 5.73 Å². The summed E-state index contributed by atoms with van der Waals surface area (Å²) < 4.78 is 0. The average molecular weight is 307 g/mol. The van der Waals surface area contributed by atoms with Crippen LogP contribution >= 0.6 is 36.4 Å². The van der Waals surface area contributed by atoms with Crippen molar-refractivity contribution in [2.75, 3.05) is 0 Å². The van der Waals surface area contributed by atoms with Crippen molar-refractivity contribution in [1.29, 1.82) is 0 Å². The third-order valence-electron chi connectivity index (χ3n) is 2.31. The van der Waals surface area contributed by atoms with E-state index in [2.05, 4.69) is 9.97 Å². The van der Waals surface area contributed by atoms with E-state index >= 15 is 0 Å². The maximum absolute atomic E-state index is 6.12. The van der Waals surface area contributed by atoms with E-state index in [-0.39, 0.29) is 30.9 Å². The summed E-state index contributed by atoms with van der Waals surface area (Å²) in [5, 5.41) is 0.601. The molecule has 2 N–H and O–H groups in total. The van der Waals surface area contributed by atoms with E-state index in [4.69, 9.17) is 17.3 Å². The van der Waals surface area contributed by atoms with Gasteiger partial charge in [-0.2, -0.15) is 0 Å². The largest absolute Gasteiger partial charge is 0.323 e. The summed E-state index contributed by atoms with van der Waals surface area (Å²) in [5.74, 6) is 0. The lowest BCUT2D eigenvalue weighted by atomic mass is 10.1. The maximum Gasteiger partial charge on any atom is 0.0754 e. The first-order chi connectivity index (χ1) is 7.68. The van der Waals surface area contributed by atoms with Gasteiger partial charge >= 0.3 is 0 Å². The van der Waals surface area contributed by atoms with Gasteiger partial charge in [-0.15, -0.1) is 24.8 Å². The molecule has 0 amide bonds. The van der Waals surface area contributed by atoms with Gasteiger partial charge in [-0.3, -0.25) is 9.97 Å². The van der Waals surface area contributed by atoms with Crippen molar-refractivity contribution in [3.8, 4) is 11.1 Å². The van der Waals surface area contributed by atoms with Crippen LogP contribution in [0.3, 0.4) is 0 Å². The smallest absolute Gasteiger partial charge is 0.0754 e. The fourth-order valence-electron chi connectivity index (χ4n) is 1.49. The van der Waals surface area contributed by atoms with Gasteiger partial charge in [0.15, 0.2) is 0 Å². The molecule has 2 rings (SSSR count). The molecule has 18 heavy (non-hydrogen) atoms. The summed E-state index contributed by atoms with van der Waals surface area (Å²) in [7, 11) is 0. The highest BCUT2D eigenvalue weighted by atomic mass is 35.5. The van der Waals surface area contributed by atoms with Crippen molar-refractivity contribution in [3.05, 3.63) is 47.5 Å². The Bertz CT molecular complexity index is 489. The molecule has 0 aliphatic carbocycles. The molecule has 0 saturated carbocycles. The van der Waals surface area contributed by atoms with Crippen LogP contribution in [-0.4, -0.2) is 9.97 Å². The van der Waals surface area contributed by atoms with Crippen LogP contribution in [-0.2, 0) is 0 Å². The summed E-state index contributed by atoms with van der Waals surface area (Å²) in [4.78, 5) is 8.24. The van der Waals surface area contributed by atoms with Gasteiger partial charge in [0.25, 0.3) is 0 Å². The molecule has 1 atom stereocenters. The van der Waals surface area contributed by atoms with Crippen molar-refractivity contribution >= 4 is 36.4 Å². The fraction of sp³-hybridized carbons (Fsp3) is 0.167. The Morgan fingerprint density at radius 3 is 2.28 bits per heavy atom. The summed E-state index contributed by atoms with van der Waals surface area (Å²) in [6.45, 7) is 1.86. The van der Waals surface area contributed by atoms with Crippen LogP contribution in [0.5, 0.6) is 0 Å². The summed E-state index contributed by atoms with van der Waals surface area (Å²) in [6.07, 6.45) is 5.26. The average Bonchev–Trinajstić information content (AvgIpc) is 2.29. The number of hydrogen-bond acceptors (Lipinski definition) is 3. The minimum atomic E-state index is -0.154. The Labute approximate surface area is 124 Å². The Hall–Kier alpha value is -0.870. The first-order valence-corrected chi connectivity index (χ1v) is 5.37. The number of rotatable bonds is 2. The van der Waals surface area contributed by atoms with Gasteiger partial charge in [0, 0.05) is 30.2 Å². The minimum Gasteiger partial charge on any atom is -0.323 e. The predicted octanol–water partition coefficient (Wildman–Crippen LogP) is 3.66. The van der Waals surface area contributed by atoms with Crippen LogP contribution in [0.2, 0.25) is 5.02 Å². The monoisotopic (exact) mass is 305 g/mol. The third kappa shape index (κ3) is 3.82. The third-order valence-corrected chi connectivity index (χ3v) is 2.62. The zero-order valence-corrected chi connectivity index (χ0v) is 12.1. The molecule has 0 radical (unpaired) electrons. The molecular weight excluding hydrogens is 293 g/mol. The quantitative estimate of drug-likeness (QED) is 0.921. The van der Waals surface area contributed by atoms with E-state index in [1.807, 2.05) is 25.1 Å². The molecule has 6 heteroatoms. The second-order valence-electron chi connectivity index (χ2n) is 3.62. The lowest BCUT2D eigenvalue weighted by Gasteiger charge is -2.08. The number of halogens is 3. The van der Waals surface area contributed by atoms with E-state index in [0.717, 1.165) is 16.8 Å². The molecule has 0 saturated heterocycles. The van der Waals surface area contributed by atoms with E-state index in [1.165, 1.54) is 0 Å². The molecule has 3 nitrogen and oxygen atoms in total. The van der Waals surface area contributed by atoms with Crippen molar-refractivity contribution in [1.82, 2.24) is 9.97 Å². The molecular formula is C12H14Cl3N3. The minimum absolute atomic E-state index is 0. The van der Waals surface area contributed by atoms with Gasteiger partial charge in [-0.05, 0) is 30.7 Å². The summed E-state index contributed by atoms with van der Waals surface area (Å²) in [6, 6.07) is 5.55. The van der Waals surface area contributed by atoms with Gasteiger partial charge in [0.05, 0.1) is 10.7 Å². The van der Waals surface area contributed by atoms with Crippen molar-refractivity contribution in [2.24, 2.45) is 5.73 Å². The van der Waals surface area contributed by atoms with Gasteiger partial charge in [0.2, 0.25) is 0 Å². The summed E-state index contributed by atoms with van der Waals surface area (Å²) in [5.41, 5.74) is 8.48. The SMILES string of the molecule is CC(N)c1ncc(-c2ccncc2)cc1Cl.Cl.Cl. The van der Waals surface area contributed by atoms with Gasteiger partial charge in [-0.1, -0.05) is 11.6 Å². The molecule has 1 unspecified atom stereocenters. The molecule has 0 bridgehead atoms. The molecule has 98 valence electrons. The number of pyridine rings is 2. The molecule has 2 aromatic rings. The molecule has 0 spiro atoms. The highest BCUT2D eigenvalue weighted by Gasteiger charge is 2.08. The molecule has 2 aromatic heterocycles. The standard InChI is InChI=1S/C12H12ClN3.2ClH/c1-8(14)12-11(13)6-10(7-16-12)9-2-4-15-5-3-9;;/h2-8H,14H2,1H3;2*1H. The van der Waals surface area contributed by atoms with Crippen molar-refractivity contribution in [2.45, 2.75) is 13.0 Å². The lowest BCUT2D eigenvalue weighted by molar-refractivity contribution is 0.782. The van der Waals surface area contributed by atoms with E-state index < -0.39 is 0 Å². The predicted molar refractivity (Wildman–Crippen MR) is 79.6 cm³/mol. The van der Waals surface area contributed by atoms with Gasteiger partial charge < -0.3 is 5.73 Å². The van der Waals surface area contributed by atoms with Gasteiger partial charge in [0.1, 0.15) is 0 Å². The van der Waals surface area contributed by atoms with E-state index in [9.17, 15) is 0 Å². The van der Waals surface area contributed by atoms with Crippen LogP contribution in [0.15, 0.2) is 36.8 Å². The highest BCUT2D eigenvalue weighted by Crippen LogP contribution is 2.25. The fourth-order valence-corrected chi connectivity index (χ4v) is 1.82. The van der Waals surface area contributed by atoms with E-state index in [0.29, 0.717) is 5.02 Å². The first-order valence-electron chi connectivity index (χ1n) is 5.00. The highest BCUT2D eigenvalue weighted by molar-refractivity contribution is 6.31. The van der Waals surface area contributed by atoms with Crippen LogP contribution in [0.4, 0.5) is 0 Å². The Morgan fingerprint density at radius 1 is 1.17 bits per heavy atom. The number of aromatic nitrogens is 2. The van der Waals surface area contributed by atoms with Crippen LogP contribution in [0.1, 0.15) is 18.7 Å². The first kappa shape index (κ1) is 17.1. The number of nitrogens with two attached hydrogens (primary N) is 1. The normalized spacial score (nSPS) is 11.1. The van der Waals surface area contributed by atoms with Crippen molar-refractivity contribution < 1.29 is 0 Å². The van der Waals surface area contributed by atoms with Crippen LogP contribution in [0, 0.1) is 0 Å². The Balaban J connectivity index is 0.00000144. The zero-order valence-electron chi connectivity index (χ0n) is 9.71.